The Morgan fingerprint density at radius 1 is 1.04 bits per heavy atom. The van der Waals surface area contributed by atoms with Crippen molar-refractivity contribution in [2.75, 3.05) is 0 Å². The third-order valence-corrected chi connectivity index (χ3v) is 9.40. The third-order valence-electron chi connectivity index (χ3n) is 6.34. The van der Waals surface area contributed by atoms with Crippen LogP contribution in [-0.4, -0.2) is 20.4 Å². The number of rotatable bonds is 3. The topological polar surface area (TPSA) is 20.2 Å². The fraction of sp³-hybridized carbons (Fsp3) is 0.810. The van der Waals surface area contributed by atoms with E-state index in [0.717, 1.165) is 19.3 Å². The molecular weight excluding hydrogens is 428 g/mol. The van der Waals surface area contributed by atoms with Crippen molar-refractivity contribution in [3.05, 3.63) is 23.8 Å². The van der Waals surface area contributed by atoms with Gasteiger partial charge in [0.25, 0.3) is 0 Å². The molecular formula is C21H34Br2O. The largest absolute Gasteiger partial charge is 0.389 e. The van der Waals surface area contributed by atoms with Crippen LogP contribution < -0.4 is 0 Å². The molecule has 2 saturated carbocycles. The summed E-state index contributed by atoms with van der Waals surface area (Å²) in [5, 5.41) is 10.3. The van der Waals surface area contributed by atoms with Crippen molar-refractivity contribution >= 4 is 31.9 Å². The summed E-state index contributed by atoms with van der Waals surface area (Å²) in [5.41, 5.74) is 1.55. The van der Waals surface area contributed by atoms with Crippen LogP contribution in [0.2, 0.25) is 0 Å². The summed E-state index contributed by atoms with van der Waals surface area (Å²) in [6.07, 6.45) is 13.8. The van der Waals surface area contributed by atoms with Gasteiger partial charge in [-0.05, 0) is 69.1 Å². The van der Waals surface area contributed by atoms with Crippen LogP contribution in [0.25, 0.3) is 0 Å². The van der Waals surface area contributed by atoms with Gasteiger partial charge in [0.2, 0.25) is 0 Å². The van der Waals surface area contributed by atoms with Gasteiger partial charge in [-0.15, -0.1) is 0 Å². The van der Waals surface area contributed by atoms with E-state index in [-0.39, 0.29) is 4.83 Å². The lowest BCUT2D eigenvalue weighted by Gasteiger charge is -2.44. The van der Waals surface area contributed by atoms with Gasteiger partial charge >= 0.3 is 0 Å². The first-order valence-electron chi connectivity index (χ1n) is 9.32. The van der Waals surface area contributed by atoms with E-state index >= 15 is 0 Å². The molecule has 5 atom stereocenters. The van der Waals surface area contributed by atoms with Crippen LogP contribution in [-0.2, 0) is 0 Å². The predicted octanol–water partition coefficient (Wildman–Crippen LogP) is 6.78. The number of alkyl halides is 2. The molecule has 0 radical (unpaired) electrons. The highest BCUT2D eigenvalue weighted by Gasteiger charge is 2.40. The number of allylic oxidation sites excluding steroid dienone is 4. The zero-order valence-electron chi connectivity index (χ0n) is 15.9. The minimum Gasteiger partial charge on any atom is -0.389 e. The van der Waals surface area contributed by atoms with Gasteiger partial charge in [-0.1, -0.05) is 76.4 Å². The lowest BCUT2D eigenvalue weighted by Crippen LogP contribution is -2.41. The highest BCUT2D eigenvalue weighted by Crippen LogP contribution is 2.49. The van der Waals surface area contributed by atoms with Crippen molar-refractivity contribution in [2.45, 2.75) is 88.4 Å². The number of halogens is 2. The second-order valence-corrected chi connectivity index (χ2v) is 11.6. The van der Waals surface area contributed by atoms with E-state index in [1.165, 1.54) is 24.8 Å². The Labute approximate surface area is 165 Å². The Balaban J connectivity index is 1.98. The summed E-state index contributed by atoms with van der Waals surface area (Å²) in [7, 11) is 0. The molecule has 2 fully saturated rings. The van der Waals surface area contributed by atoms with Crippen molar-refractivity contribution in [2.24, 2.45) is 16.7 Å². The Kier molecular flexibility index (Phi) is 6.53. The van der Waals surface area contributed by atoms with Crippen molar-refractivity contribution in [1.82, 2.24) is 0 Å². The van der Waals surface area contributed by atoms with Crippen molar-refractivity contribution < 1.29 is 5.11 Å². The van der Waals surface area contributed by atoms with E-state index in [4.69, 9.17) is 0 Å². The number of hydrogen-bond acceptors (Lipinski definition) is 1. The summed E-state index contributed by atoms with van der Waals surface area (Å²) in [4.78, 5) is 0.832. The molecule has 24 heavy (non-hydrogen) atoms. The standard InChI is InChI=1S/C21H34Br2O/c1-15(16-8-12-21(5,24)18(23)13-16)7-6-10-20(4)11-9-17(22)19(2,3)14-20/h6-7,10,16-18,24H,8-9,11-14H2,1-5H3. The molecule has 0 heterocycles. The fourth-order valence-corrected chi connectivity index (χ4v) is 5.53. The minimum atomic E-state index is -0.556. The molecule has 5 unspecified atom stereocenters. The first-order valence-corrected chi connectivity index (χ1v) is 11.1. The highest BCUT2D eigenvalue weighted by molar-refractivity contribution is 9.09. The summed E-state index contributed by atoms with van der Waals surface area (Å²) in [5.74, 6) is 0.585. The Bertz CT molecular complexity index is 506. The third kappa shape index (κ3) is 4.98. The lowest BCUT2D eigenvalue weighted by atomic mass is 9.64. The number of aliphatic hydroxyl groups is 1. The molecule has 1 N–H and O–H groups in total. The van der Waals surface area contributed by atoms with E-state index < -0.39 is 5.60 Å². The van der Waals surface area contributed by atoms with E-state index in [0.29, 0.717) is 21.6 Å². The summed E-state index contributed by atoms with van der Waals surface area (Å²) >= 11 is 7.53. The van der Waals surface area contributed by atoms with Crippen LogP contribution in [0.5, 0.6) is 0 Å². The second kappa shape index (κ2) is 7.56. The van der Waals surface area contributed by atoms with Gasteiger partial charge in [0, 0.05) is 9.65 Å². The van der Waals surface area contributed by atoms with E-state index in [2.05, 4.69) is 77.8 Å². The molecule has 0 bridgehead atoms. The van der Waals surface area contributed by atoms with Crippen LogP contribution >= 0.6 is 31.9 Å². The first kappa shape index (κ1) is 20.7. The molecule has 138 valence electrons. The van der Waals surface area contributed by atoms with E-state index in [1.807, 2.05) is 6.92 Å². The lowest BCUT2D eigenvalue weighted by molar-refractivity contribution is 0.0214. The second-order valence-electron chi connectivity index (χ2n) is 9.39. The summed E-state index contributed by atoms with van der Waals surface area (Å²) in [6.45, 7) is 11.4. The van der Waals surface area contributed by atoms with Crippen molar-refractivity contribution in [3.8, 4) is 0 Å². The molecule has 0 aromatic carbocycles. The smallest absolute Gasteiger partial charge is 0.0744 e. The highest BCUT2D eigenvalue weighted by atomic mass is 79.9. The van der Waals surface area contributed by atoms with Gasteiger partial charge in [-0.2, -0.15) is 0 Å². The molecule has 0 spiro atoms. The molecule has 0 amide bonds. The average molecular weight is 462 g/mol. The zero-order chi connectivity index (χ0) is 18.2. The molecule has 2 aliphatic carbocycles. The maximum absolute atomic E-state index is 10.3. The molecule has 2 aliphatic rings. The first-order chi connectivity index (χ1) is 11.0. The predicted molar refractivity (Wildman–Crippen MR) is 112 cm³/mol. The van der Waals surface area contributed by atoms with Gasteiger partial charge in [-0.25, -0.2) is 0 Å². The maximum Gasteiger partial charge on any atom is 0.0744 e. The number of hydrogen-bond donors (Lipinski definition) is 1. The monoisotopic (exact) mass is 460 g/mol. The molecule has 1 nitrogen and oxygen atoms in total. The van der Waals surface area contributed by atoms with Crippen molar-refractivity contribution in [3.63, 3.8) is 0 Å². The van der Waals surface area contributed by atoms with Crippen LogP contribution in [0, 0.1) is 16.7 Å². The molecule has 0 aromatic rings. The normalized spacial score (nSPS) is 44.0. The van der Waals surface area contributed by atoms with Crippen LogP contribution in [0.4, 0.5) is 0 Å². The Morgan fingerprint density at radius 2 is 1.71 bits per heavy atom. The average Bonchev–Trinajstić information content (AvgIpc) is 2.46. The van der Waals surface area contributed by atoms with Gasteiger partial charge < -0.3 is 5.11 Å². The summed E-state index contributed by atoms with van der Waals surface area (Å²) in [6, 6.07) is 0. The van der Waals surface area contributed by atoms with E-state index in [9.17, 15) is 5.11 Å². The van der Waals surface area contributed by atoms with Gasteiger partial charge in [0.05, 0.1) is 5.60 Å². The van der Waals surface area contributed by atoms with Crippen LogP contribution in [0.1, 0.15) is 73.1 Å². The fourth-order valence-electron chi connectivity index (χ4n) is 4.46. The van der Waals surface area contributed by atoms with Crippen LogP contribution in [0.3, 0.4) is 0 Å². The van der Waals surface area contributed by atoms with Crippen LogP contribution in [0.15, 0.2) is 23.8 Å². The van der Waals surface area contributed by atoms with E-state index in [1.54, 1.807) is 0 Å². The minimum absolute atomic E-state index is 0.198. The Morgan fingerprint density at radius 3 is 2.29 bits per heavy atom. The zero-order valence-corrected chi connectivity index (χ0v) is 19.1. The molecule has 0 saturated heterocycles. The SMILES string of the molecule is CC(=CC=CC1(C)CCC(Br)C(C)(C)C1)C1CCC(C)(O)C(Br)C1. The molecule has 3 heteroatoms. The van der Waals surface area contributed by atoms with Crippen molar-refractivity contribution in [1.29, 1.82) is 0 Å². The molecule has 0 aromatic heterocycles. The van der Waals surface area contributed by atoms with Gasteiger partial charge in [0.15, 0.2) is 0 Å². The summed E-state index contributed by atoms with van der Waals surface area (Å²) < 4.78 is 0. The molecule has 0 aliphatic heterocycles. The molecule has 2 rings (SSSR count). The Hall–Kier alpha value is 0.400. The quantitative estimate of drug-likeness (QED) is 0.362. The maximum atomic E-state index is 10.3. The van der Waals surface area contributed by atoms with Gasteiger partial charge in [-0.3, -0.25) is 0 Å². The van der Waals surface area contributed by atoms with Gasteiger partial charge in [0.1, 0.15) is 0 Å².